The molecule has 5 nitrogen and oxygen atoms in total. The van der Waals surface area contributed by atoms with Gasteiger partial charge in [0.25, 0.3) is 0 Å². The van der Waals surface area contributed by atoms with Crippen LogP contribution in [-0.4, -0.2) is 49.8 Å². The molecule has 0 atom stereocenters. The number of carboxylic acids is 1. The third kappa shape index (κ3) is 5.13. The molecule has 21 heavy (non-hydrogen) atoms. The van der Waals surface area contributed by atoms with Crippen LogP contribution in [0.15, 0.2) is 24.3 Å². The molecule has 0 amide bonds. The Morgan fingerprint density at radius 3 is 2.57 bits per heavy atom. The van der Waals surface area contributed by atoms with E-state index < -0.39 is 15.8 Å². The minimum absolute atomic E-state index is 0.0953. The van der Waals surface area contributed by atoms with Crippen LogP contribution in [0.1, 0.15) is 35.2 Å². The quantitative estimate of drug-likeness (QED) is 0.867. The summed E-state index contributed by atoms with van der Waals surface area (Å²) in [6.07, 6.45) is 3.51. The maximum atomic E-state index is 12.1. The molecule has 0 saturated carbocycles. The largest absolute Gasteiger partial charge is 0.478 e. The molecule has 1 heterocycles. The van der Waals surface area contributed by atoms with Crippen molar-refractivity contribution in [2.75, 3.05) is 25.4 Å². The number of hydrogen-bond donors (Lipinski definition) is 1. The molecule has 0 spiro atoms. The van der Waals surface area contributed by atoms with E-state index in [0.717, 1.165) is 25.9 Å². The number of aromatic carboxylic acids is 1. The highest BCUT2D eigenvalue weighted by Crippen LogP contribution is 2.12. The highest BCUT2D eigenvalue weighted by atomic mass is 32.2. The zero-order valence-corrected chi connectivity index (χ0v) is 12.8. The van der Waals surface area contributed by atoms with E-state index in [9.17, 15) is 13.2 Å². The van der Waals surface area contributed by atoms with Crippen molar-refractivity contribution >= 4 is 15.8 Å². The Labute approximate surface area is 125 Å². The lowest BCUT2D eigenvalue weighted by atomic mass is 10.1. The fraction of sp³-hybridized carbons (Fsp3) is 0.533. The standard InChI is InChI=1S/C15H21NO4S/c17-15(18)14-6-4-5-13(11-14)12-21(19,20)10-9-16-7-2-1-3-8-16/h4-6,11H,1-3,7-10,12H2,(H,17,18). The van der Waals surface area contributed by atoms with Crippen molar-refractivity contribution in [3.05, 3.63) is 35.4 Å². The fourth-order valence-corrected chi connectivity index (χ4v) is 3.94. The number of hydrogen-bond acceptors (Lipinski definition) is 4. The minimum Gasteiger partial charge on any atom is -0.478 e. The Bertz CT molecular complexity index is 591. The molecule has 1 aliphatic heterocycles. The van der Waals surface area contributed by atoms with Crippen LogP contribution < -0.4 is 0 Å². The molecule has 0 aliphatic carbocycles. The molecule has 1 aliphatic rings. The first-order chi connectivity index (χ1) is 9.96. The van der Waals surface area contributed by atoms with E-state index in [1.165, 1.54) is 18.6 Å². The number of likely N-dealkylation sites (tertiary alicyclic amines) is 1. The van der Waals surface area contributed by atoms with Crippen molar-refractivity contribution in [1.82, 2.24) is 4.90 Å². The van der Waals surface area contributed by atoms with Gasteiger partial charge in [-0.25, -0.2) is 13.2 Å². The lowest BCUT2D eigenvalue weighted by Crippen LogP contribution is -2.34. The van der Waals surface area contributed by atoms with Crippen molar-refractivity contribution in [1.29, 1.82) is 0 Å². The van der Waals surface area contributed by atoms with Crippen molar-refractivity contribution in [2.24, 2.45) is 0 Å². The van der Waals surface area contributed by atoms with E-state index in [0.29, 0.717) is 12.1 Å². The van der Waals surface area contributed by atoms with Gasteiger partial charge in [-0.05, 0) is 43.6 Å². The van der Waals surface area contributed by atoms with Gasteiger partial charge in [0.1, 0.15) is 0 Å². The first-order valence-electron chi connectivity index (χ1n) is 7.21. The Hall–Kier alpha value is -1.40. The van der Waals surface area contributed by atoms with Gasteiger partial charge < -0.3 is 10.0 Å². The highest BCUT2D eigenvalue weighted by Gasteiger charge is 2.17. The maximum Gasteiger partial charge on any atom is 0.335 e. The SMILES string of the molecule is O=C(O)c1cccc(CS(=O)(=O)CCN2CCCCC2)c1. The zero-order valence-electron chi connectivity index (χ0n) is 12.0. The van der Waals surface area contributed by atoms with Crippen molar-refractivity contribution < 1.29 is 18.3 Å². The first kappa shape index (κ1) is 16.0. The molecule has 1 fully saturated rings. The average Bonchev–Trinajstić information content (AvgIpc) is 2.46. The number of benzene rings is 1. The smallest absolute Gasteiger partial charge is 0.335 e. The summed E-state index contributed by atoms with van der Waals surface area (Å²) in [4.78, 5) is 13.1. The van der Waals surface area contributed by atoms with Gasteiger partial charge in [-0.2, -0.15) is 0 Å². The molecule has 0 bridgehead atoms. The van der Waals surface area contributed by atoms with Gasteiger partial charge in [-0.1, -0.05) is 18.6 Å². The van der Waals surface area contributed by atoms with E-state index in [2.05, 4.69) is 4.90 Å². The van der Waals surface area contributed by atoms with Crippen molar-refractivity contribution in [3.63, 3.8) is 0 Å². The van der Waals surface area contributed by atoms with E-state index >= 15 is 0 Å². The van der Waals surface area contributed by atoms with Crippen LogP contribution in [0.3, 0.4) is 0 Å². The minimum atomic E-state index is -3.21. The van der Waals surface area contributed by atoms with Gasteiger partial charge in [0.2, 0.25) is 0 Å². The number of rotatable bonds is 6. The predicted molar refractivity (Wildman–Crippen MR) is 81.2 cm³/mol. The summed E-state index contributed by atoms with van der Waals surface area (Å²) < 4.78 is 24.3. The van der Waals surface area contributed by atoms with Crippen LogP contribution in [0, 0.1) is 0 Å². The van der Waals surface area contributed by atoms with Crippen LogP contribution >= 0.6 is 0 Å². The Morgan fingerprint density at radius 2 is 1.90 bits per heavy atom. The number of carboxylic acid groups (broad SMARTS) is 1. The summed E-state index contributed by atoms with van der Waals surface area (Å²) in [5.41, 5.74) is 0.660. The summed E-state index contributed by atoms with van der Waals surface area (Å²) in [7, 11) is -3.21. The maximum absolute atomic E-state index is 12.1. The Kier molecular flexibility index (Phi) is 5.36. The molecule has 6 heteroatoms. The number of piperidine rings is 1. The molecule has 0 radical (unpaired) electrons. The molecule has 1 aromatic carbocycles. The van der Waals surface area contributed by atoms with Gasteiger partial charge in [0, 0.05) is 6.54 Å². The third-order valence-corrected chi connectivity index (χ3v) is 5.31. The molecular formula is C15H21NO4S. The van der Waals surface area contributed by atoms with Gasteiger partial charge in [0.15, 0.2) is 9.84 Å². The van der Waals surface area contributed by atoms with Crippen LogP contribution in [0.25, 0.3) is 0 Å². The third-order valence-electron chi connectivity index (χ3n) is 3.73. The second kappa shape index (κ2) is 7.04. The molecule has 1 N–H and O–H groups in total. The molecule has 2 rings (SSSR count). The van der Waals surface area contributed by atoms with Crippen molar-refractivity contribution in [3.8, 4) is 0 Å². The van der Waals surface area contributed by atoms with Crippen LogP contribution in [-0.2, 0) is 15.6 Å². The average molecular weight is 311 g/mol. The summed E-state index contributed by atoms with van der Waals surface area (Å²) in [5, 5.41) is 8.93. The molecule has 116 valence electrons. The number of sulfone groups is 1. The van der Waals surface area contributed by atoms with Gasteiger partial charge in [0.05, 0.1) is 17.1 Å². The lowest BCUT2D eigenvalue weighted by Gasteiger charge is -2.26. The van der Waals surface area contributed by atoms with Crippen LogP contribution in [0.4, 0.5) is 0 Å². The normalized spacial score (nSPS) is 16.8. The van der Waals surface area contributed by atoms with E-state index in [4.69, 9.17) is 5.11 Å². The predicted octanol–water partition coefficient (Wildman–Crippen LogP) is 1.79. The zero-order chi connectivity index (χ0) is 15.3. The van der Waals surface area contributed by atoms with Crippen LogP contribution in [0.5, 0.6) is 0 Å². The summed E-state index contributed by atoms with van der Waals surface area (Å²) in [5.74, 6) is -1.01. The Morgan fingerprint density at radius 1 is 1.19 bits per heavy atom. The lowest BCUT2D eigenvalue weighted by molar-refractivity contribution is 0.0696. The molecule has 0 unspecified atom stereocenters. The molecule has 1 aromatic rings. The number of nitrogens with zero attached hydrogens (tertiary/aromatic N) is 1. The summed E-state index contributed by atoms with van der Waals surface area (Å²) >= 11 is 0. The number of carbonyl (C=O) groups is 1. The van der Waals surface area contributed by atoms with Gasteiger partial charge in [-0.3, -0.25) is 0 Å². The summed E-state index contributed by atoms with van der Waals surface area (Å²) in [6.45, 7) is 2.52. The van der Waals surface area contributed by atoms with Gasteiger partial charge >= 0.3 is 5.97 Å². The van der Waals surface area contributed by atoms with Crippen LogP contribution in [0.2, 0.25) is 0 Å². The van der Waals surface area contributed by atoms with E-state index in [1.807, 2.05) is 0 Å². The van der Waals surface area contributed by atoms with Crippen molar-refractivity contribution in [2.45, 2.75) is 25.0 Å². The molecule has 1 saturated heterocycles. The second-order valence-electron chi connectivity index (χ2n) is 5.50. The molecule has 0 aromatic heterocycles. The van der Waals surface area contributed by atoms with E-state index in [-0.39, 0.29) is 17.1 Å². The topological polar surface area (TPSA) is 74.7 Å². The van der Waals surface area contributed by atoms with Gasteiger partial charge in [-0.15, -0.1) is 0 Å². The monoisotopic (exact) mass is 311 g/mol. The van der Waals surface area contributed by atoms with E-state index in [1.54, 1.807) is 12.1 Å². The highest BCUT2D eigenvalue weighted by molar-refractivity contribution is 7.90. The summed E-state index contributed by atoms with van der Waals surface area (Å²) in [6, 6.07) is 6.14. The first-order valence-corrected chi connectivity index (χ1v) is 9.03. The second-order valence-corrected chi connectivity index (χ2v) is 7.68. The molecular weight excluding hydrogens is 290 g/mol. The fourth-order valence-electron chi connectivity index (χ4n) is 2.57. The Balaban J connectivity index is 1.93.